The van der Waals surface area contributed by atoms with Gasteiger partial charge in [0.1, 0.15) is 5.75 Å². The molecule has 1 aliphatic carbocycles. The number of aromatic nitrogens is 2. The summed E-state index contributed by atoms with van der Waals surface area (Å²) in [6.07, 6.45) is 3.49. The number of ether oxygens (including phenoxy) is 1. The number of aromatic amines is 1. The number of methoxy groups -OCH3 is 1. The van der Waals surface area contributed by atoms with Crippen LogP contribution in [-0.4, -0.2) is 40.5 Å². The molecule has 1 spiro atoms. The molecule has 0 saturated carbocycles. The number of anilines is 1. The molecule has 2 aromatic carbocycles. The van der Waals surface area contributed by atoms with Gasteiger partial charge in [0.25, 0.3) is 5.91 Å². The summed E-state index contributed by atoms with van der Waals surface area (Å²) in [4.78, 5) is 22.8. The number of H-pyrrole nitrogens is 1. The molecule has 6 heteroatoms. The molecule has 1 fully saturated rings. The van der Waals surface area contributed by atoms with Crippen LogP contribution in [0.15, 0.2) is 36.7 Å². The van der Waals surface area contributed by atoms with Crippen LogP contribution < -0.4 is 10.1 Å². The number of likely N-dealkylation sites (tertiary alicyclic amines) is 1. The zero-order valence-electron chi connectivity index (χ0n) is 16.0. The van der Waals surface area contributed by atoms with Crippen LogP contribution in [0, 0.1) is 5.92 Å². The molecule has 142 valence electrons. The Hall–Kier alpha value is -3.02. The molecule has 0 radical (unpaired) electrons. The van der Waals surface area contributed by atoms with Crippen molar-refractivity contribution in [2.24, 2.45) is 5.92 Å². The van der Waals surface area contributed by atoms with Crippen molar-refractivity contribution in [2.45, 2.75) is 31.3 Å². The fourth-order valence-electron chi connectivity index (χ4n) is 5.64. The summed E-state index contributed by atoms with van der Waals surface area (Å²) < 4.78 is 5.53. The Labute approximate surface area is 162 Å². The van der Waals surface area contributed by atoms with E-state index in [1.807, 2.05) is 24.3 Å². The van der Waals surface area contributed by atoms with Crippen LogP contribution >= 0.6 is 0 Å². The molecule has 3 aromatic rings. The van der Waals surface area contributed by atoms with Crippen LogP contribution in [0.4, 0.5) is 5.69 Å². The number of rotatable bonds is 2. The Balaban J connectivity index is 1.38. The molecule has 28 heavy (non-hydrogen) atoms. The third kappa shape index (κ3) is 1.83. The minimum Gasteiger partial charge on any atom is -0.495 e. The second-order valence-electron chi connectivity index (χ2n) is 8.22. The molecule has 3 aliphatic rings. The molecule has 1 saturated heterocycles. The maximum absolute atomic E-state index is 13.4. The molecule has 6 rings (SSSR count). The number of nitrogens with zero attached hydrogens (tertiary/aromatic N) is 2. The van der Waals surface area contributed by atoms with Crippen LogP contribution in [0.1, 0.15) is 34.8 Å². The summed E-state index contributed by atoms with van der Waals surface area (Å²) in [7, 11) is 1.72. The van der Waals surface area contributed by atoms with Gasteiger partial charge in [0.2, 0.25) is 0 Å². The number of hydrogen-bond donors (Lipinski definition) is 2. The Bertz CT molecular complexity index is 1140. The van der Waals surface area contributed by atoms with Gasteiger partial charge in [0.15, 0.2) is 0 Å². The predicted octanol–water partition coefficient (Wildman–Crippen LogP) is 3.30. The van der Waals surface area contributed by atoms with Gasteiger partial charge >= 0.3 is 0 Å². The number of imidazole rings is 1. The minimum atomic E-state index is -0.0216. The Morgan fingerprint density at radius 3 is 3.07 bits per heavy atom. The van der Waals surface area contributed by atoms with E-state index < -0.39 is 0 Å². The van der Waals surface area contributed by atoms with Gasteiger partial charge in [0, 0.05) is 29.6 Å². The van der Waals surface area contributed by atoms with Crippen molar-refractivity contribution in [3.8, 4) is 5.75 Å². The fraction of sp³-hybridized carbons (Fsp3) is 0.364. The monoisotopic (exact) mass is 374 g/mol. The molecule has 6 nitrogen and oxygen atoms in total. The van der Waals surface area contributed by atoms with Gasteiger partial charge in [-0.3, -0.25) is 4.79 Å². The Morgan fingerprint density at radius 2 is 2.21 bits per heavy atom. The largest absolute Gasteiger partial charge is 0.495 e. The molecule has 2 N–H and O–H groups in total. The highest BCUT2D eigenvalue weighted by molar-refractivity contribution is 5.98. The minimum absolute atomic E-state index is 0.0216. The number of benzene rings is 2. The van der Waals surface area contributed by atoms with Crippen molar-refractivity contribution in [2.75, 3.05) is 19.0 Å². The van der Waals surface area contributed by atoms with Crippen molar-refractivity contribution in [3.05, 3.63) is 53.3 Å². The van der Waals surface area contributed by atoms with Crippen LogP contribution in [-0.2, 0) is 12.0 Å². The summed E-state index contributed by atoms with van der Waals surface area (Å²) in [5.41, 5.74) is 6.40. The summed E-state index contributed by atoms with van der Waals surface area (Å²) in [5.74, 6) is 1.38. The SMILES string of the molecule is COc1ccc2c3c1N[C@]31CCN(C(=O)c3ccc4nc[nH]c4c3)[C@H](C2)C1C. The van der Waals surface area contributed by atoms with E-state index >= 15 is 0 Å². The first-order valence-corrected chi connectivity index (χ1v) is 9.85. The normalized spacial score (nSPS) is 27.0. The highest BCUT2D eigenvalue weighted by Gasteiger charge is 2.58. The van der Waals surface area contributed by atoms with E-state index in [2.05, 4.69) is 33.2 Å². The molecular formula is C22H22N4O2. The quantitative estimate of drug-likeness (QED) is 0.722. The second kappa shape index (κ2) is 5.28. The van der Waals surface area contributed by atoms with Crippen molar-refractivity contribution in [1.82, 2.24) is 14.9 Å². The highest BCUT2D eigenvalue weighted by atomic mass is 16.5. The number of carbonyl (C=O) groups is 1. The average molecular weight is 374 g/mol. The lowest BCUT2D eigenvalue weighted by atomic mass is 9.59. The van der Waals surface area contributed by atoms with E-state index in [1.165, 1.54) is 11.1 Å². The standard InChI is InChI=1S/C22H22N4O2/c1-12-17-10-13-4-6-18(28-2)20-19(13)22(12,25-20)7-8-26(17)21(27)14-3-5-15-16(9-14)24-11-23-15/h3-6,9,11-12,17,25H,7-8,10H2,1-2H3,(H,23,24)/t12?,17-,22+/m1/s1. The van der Waals surface area contributed by atoms with Gasteiger partial charge in [-0.2, -0.15) is 0 Å². The van der Waals surface area contributed by atoms with E-state index in [9.17, 15) is 4.79 Å². The first kappa shape index (κ1) is 16.0. The number of fused-ring (bicyclic) bond motifs is 2. The van der Waals surface area contributed by atoms with E-state index in [-0.39, 0.29) is 17.5 Å². The molecule has 3 atom stereocenters. The maximum atomic E-state index is 13.4. The van der Waals surface area contributed by atoms with Crippen molar-refractivity contribution < 1.29 is 9.53 Å². The molecule has 2 aliphatic heterocycles. The summed E-state index contributed by atoms with van der Waals surface area (Å²) in [6, 6.07) is 10.1. The summed E-state index contributed by atoms with van der Waals surface area (Å²) in [6.45, 7) is 3.04. The van der Waals surface area contributed by atoms with Crippen LogP contribution in [0.3, 0.4) is 0 Å². The van der Waals surface area contributed by atoms with Crippen molar-refractivity contribution in [3.63, 3.8) is 0 Å². The zero-order valence-corrected chi connectivity index (χ0v) is 16.0. The predicted molar refractivity (Wildman–Crippen MR) is 107 cm³/mol. The lowest BCUT2D eigenvalue weighted by Gasteiger charge is -2.61. The molecular weight excluding hydrogens is 352 g/mol. The average Bonchev–Trinajstić information content (AvgIpc) is 3.15. The maximum Gasteiger partial charge on any atom is 0.254 e. The van der Waals surface area contributed by atoms with Gasteiger partial charge in [0.05, 0.1) is 35.7 Å². The van der Waals surface area contributed by atoms with Gasteiger partial charge in [-0.05, 0) is 42.7 Å². The third-order valence-corrected chi connectivity index (χ3v) is 7.13. The smallest absolute Gasteiger partial charge is 0.254 e. The number of hydrogen-bond acceptors (Lipinski definition) is 4. The summed E-state index contributed by atoms with van der Waals surface area (Å²) >= 11 is 0. The Morgan fingerprint density at radius 1 is 1.32 bits per heavy atom. The van der Waals surface area contributed by atoms with E-state index in [4.69, 9.17) is 4.74 Å². The number of piperidine rings is 1. The molecule has 1 aromatic heterocycles. The lowest BCUT2D eigenvalue weighted by Crippen LogP contribution is -2.66. The number of carbonyl (C=O) groups excluding carboxylic acids is 1. The lowest BCUT2D eigenvalue weighted by molar-refractivity contribution is 0.0231. The Kier molecular flexibility index (Phi) is 3.01. The van der Waals surface area contributed by atoms with Crippen LogP contribution in [0.2, 0.25) is 0 Å². The van der Waals surface area contributed by atoms with Gasteiger partial charge in [-0.25, -0.2) is 4.98 Å². The van der Waals surface area contributed by atoms with E-state index in [1.54, 1.807) is 13.4 Å². The first-order valence-electron chi connectivity index (χ1n) is 9.85. The van der Waals surface area contributed by atoms with E-state index in [0.717, 1.165) is 47.4 Å². The topological polar surface area (TPSA) is 70.2 Å². The van der Waals surface area contributed by atoms with Gasteiger partial charge < -0.3 is 19.9 Å². The highest BCUT2D eigenvalue weighted by Crippen LogP contribution is 2.60. The second-order valence-corrected chi connectivity index (χ2v) is 8.22. The van der Waals surface area contributed by atoms with Gasteiger partial charge in [-0.1, -0.05) is 13.0 Å². The van der Waals surface area contributed by atoms with Crippen LogP contribution in [0.5, 0.6) is 5.75 Å². The molecule has 1 unspecified atom stereocenters. The van der Waals surface area contributed by atoms with Crippen molar-refractivity contribution in [1.29, 1.82) is 0 Å². The molecule has 3 heterocycles. The molecule has 2 bridgehead atoms. The van der Waals surface area contributed by atoms with E-state index in [0.29, 0.717) is 5.92 Å². The fourth-order valence-corrected chi connectivity index (χ4v) is 5.64. The summed E-state index contributed by atoms with van der Waals surface area (Å²) in [5, 5.41) is 3.72. The molecule has 1 amide bonds. The van der Waals surface area contributed by atoms with Crippen LogP contribution in [0.25, 0.3) is 11.0 Å². The van der Waals surface area contributed by atoms with Crippen molar-refractivity contribution >= 4 is 22.6 Å². The number of amides is 1. The zero-order chi connectivity index (χ0) is 19.0. The first-order chi connectivity index (χ1) is 13.6. The van der Waals surface area contributed by atoms with Gasteiger partial charge in [-0.15, -0.1) is 0 Å². The third-order valence-electron chi connectivity index (χ3n) is 7.13. The number of nitrogens with one attached hydrogen (secondary N) is 2.